The van der Waals surface area contributed by atoms with Crippen LogP contribution in [0, 0.1) is 5.82 Å². The molecule has 4 rings (SSSR count). The number of benzene rings is 2. The molecule has 0 bridgehead atoms. The van der Waals surface area contributed by atoms with Crippen molar-refractivity contribution in [3.63, 3.8) is 0 Å². The van der Waals surface area contributed by atoms with E-state index >= 15 is 0 Å². The predicted octanol–water partition coefficient (Wildman–Crippen LogP) is 4.11. The smallest absolute Gasteiger partial charge is 0.342 e. The number of nitrogens with zero attached hydrogens (tertiary/aromatic N) is 3. The quantitative estimate of drug-likeness (QED) is 0.359. The number of ketones is 1. The molecule has 0 aliphatic heterocycles. The van der Waals surface area contributed by atoms with Gasteiger partial charge in [0.2, 0.25) is 0 Å². The Hall–Kier alpha value is -4.13. The van der Waals surface area contributed by atoms with E-state index in [1.807, 2.05) is 30.3 Å². The van der Waals surface area contributed by atoms with Crippen LogP contribution in [0.1, 0.15) is 20.7 Å². The number of carbonyl (C=O) groups excluding carboxylic acids is 2. The molecule has 0 unspecified atom stereocenters. The second-order valence-corrected chi connectivity index (χ2v) is 6.42. The summed E-state index contributed by atoms with van der Waals surface area (Å²) < 4.78 is 19.8. The van der Waals surface area contributed by atoms with E-state index in [1.165, 1.54) is 24.3 Å². The Bertz CT molecular complexity index is 1170. The highest BCUT2D eigenvalue weighted by Crippen LogP contribution is 2.24. The first-order chi connectivity index (χ1) is 14.6. The largest absolute Gasteiger partial charge is 0.454 e. The summed E-state index contributed by atoms with van der Waals surface area (Å²) in [6.07, 6.45) is 4.78. The van der Waals surface area contributed by atoms with Crippen molar-refractivity contribution in [3.8, 4) is 16.9 Å². The van der Waals surface area contributed by atoms with E-state index in [1.54, 1.807) is 35.4 Å². The summed E-state index contributed by atoms with van der Waals surface area (Å²) in [5.41, 5.74) is 2.27. The molecule has 30 heavy (non-hydrogen) atoms. The van der Waals surface area contributed by atoms with Crippen LogP contribution >= 0.6 is 0 Å². The number of halogens is 1. The number of aromatic nitrogens is 3. The van der Waals surface area contributed by atoms with Crippen LogP contribution in [0.4, 0.5) is 4.39 Å². The summed E-state index contributed by atoms with van der Waals surface area (Å²) in [4.78, 5) is 29.1. The SMILES string of the molecule is O=C(COC(=O)c1cn(-c2ccccc2)nc1-c1cccnc1)c1ccc(F)cc1. The first-order valence-corrected chi connectivity index (χ1v) is 9.13. The molecule has 0 aliphatic rings. The lowest BCUT2D eigenvalue weighted by Crippen LogP contribution is -2.14. The van der Waals surface area contributed by atoms with Crippen LogP contribution in [0.5, 0.6) is 0 Å². The fourth-order valence-electron chi connectivity index (χ4n) is 2.88. The first-order valence-electron chi connectivity index (χ1n) is 9.13. The third-order valence-electron chi connectivity index (χ3n) is 4.39. The van der Waals surface area contributed by atoms with Crippen LogP contribution in [0.15, 0.2) is 85.3 Å². The lowest BCUT2D eigenvalue weighted by atomic mass is 10.1. The van der Waals surface area contributed by atoms with E-state index < -0.39 is 24.2 Å². The molecule has 4 aromatic rings. The fraction of sp³-hybridized carbons (Fsp3) is 0.0435. The normalized spacial score (nSPS) is 10.6. The molecule has 2 heterocycles. The Kier molecular flexibility index (Phi) is 5.43. The number of Topliss-reactive ketones (excluding diaryl/α,β-unsaturated/α-hetero) is 1. The van der Waals surface area contributed by atoms with E-state index in [9.17, 15) is 14.0 Å². The van der Waals surface area contributed by atoms with Gasteiger partial charge in [-0.3, -0.25) is 9.78 Å². The Morgan fingerprint density at radius 2 is 1.73 bits per heavy atom. The number of ether oxygens (including phenoxy) is 1. The number of hydrogen-bond acceptors (Lipinski definition) is 5. The van der Waals surface area contributed by atoms with Crippen molar-refractivity contribution in [1.82, 2.24) is 14.8 Å². The molecule has 0 aliphatic carbocycles. The van der Waals surface area contributed by atoms with Crippen LogP contribution in [-0.4, -0.2) is 33.1 Å². The average molecular weight is 401 g/mol. The highest BCUT2D eigenvalue weighted by atomic mass is 19.1. The zero-order chi connectivity index (χ0) is 20.9. The van der Waals surface area contributed by atoms with Gasteiger partial charge in [-0.05, 0) is 48.5 Å². The van der Waals surface area contributed by atoms with Crippen molar-refractivity contribution in [1.29, 1.82) is 0 Å². The number of hydrogen-bond donors (Lipinski definition) is 0. The van der Waals surface area contributed by atoms with Crippen molar-refractivity contribution in [2.45, 2.75) is 0 Å². The molecule has 2 aromatic heterocycles. The minimum atomic E-state index is -0.688. The molecular weight excluding hydrogens is 385 g/mol. The molecule has 0 radical (unpaired) electrons. The molecule has 7 heteroatoms. The van der Waals surface area contributed by atoms with Crippen molar-refractivity contribution < 1.29 is 18.7 Å². The number of pyridine rings is 1. The Morgan fingerprint density at radius 1 is 0.967 bits per heavy atom. The van der Waals surface area contributed by atoms with Gasteiger partial charge in [0.1, 0.15) is 17.1 Å². The predicted molar refractivity (Wildman–Crippen MR) is 108 cm³/mol. The van der Waals surface area contributed by atoms with Crippen molar-refractivity contribution in [3.05, 3.63) is 102 Å². The number of carbonyl (C=O) groups is 2. The molecule has 2 aromatic carbocycles. The Labute approximate surface area is 171 Å². The van der Waals surface area contributed by atoms with Gasteiger partial charge in [-0.15, -0.1) is 0 Å². The minimum Gasteiger partial charge on any atom is -0.454 e. The fourth-order valence-corrected chi connectivity index (χ4v) is 2.88. The lowest BCUT2D eigenvalue weighted by Gasteiger charge is -2.05. The van der Waals surface area contributed by atoms with Crippen LogP contribution in [-0.2, 0) is 4.74 Å². The minimum absolute atomic E-state index is 0.207. The molecule has 0 spiro atoms. The Morgan fingerprint density at radius 3 is 2.43 bits per heavy atom. The summed E-state index contributed by atoms with van der Waals surface area (Å²) in [5, 5.41) is 4.52. The Balaban J connectivity index is 1.60. The van der Waals surface area contributed by atoms with Crippen LogP contribution in [0.25, 0.3) is 16.9 Å². The average Bonchev–Trinajstić information content (AvgIpc) is 3.25. The number of rotatable bonds is 6. The lowest BCUT2D eigenvalue weighted by molar-refractivity contribution is 0.0475. The van der Waals surface area contributed by atoms with Crippen molar-refractivity contribution in [2.75, 3.05) is 6.61 Å². The molecule has 0 fully saturated rings. The van der Waals surface area contributed by atoms with Gasteiger partial charge in [0, 0.05) is 29.7 Å². The standard InChI is InChI=1S/C23H16FN3O3/c24-18-10-8-16(9-11-18)21(28)15-30-23(29)20-14-27(19-6-2-1-3-7-19)26-22(20)17-5-4-12-25-13-17/h1-14H,15H2. The molecule has 0 atom stereocenters. The molecule has 6 nitrogen and oxygen atoms in total. The van der Waals surface area contributed by atoms with Gasteiger partial charge in [-0.1, -0.05) is 18.2 Å². The molecule has 0 N–H and O–H groups in total. The third kappa shape index (κ3) is 4.15. The topological polar surface area (TPSA) is 74.1 Å². The zero-order valence-corrected chi connectivity index (χ0v) is 15.7. The van der Waals surface area contributed by atoms with Crippen molar-refractivity contribution >= 4 is 11.8 Å². The maximum absolute atomic E-state index is 13.0. The van der Waals surface area contributed by atoms with Crippen LogP contribution < -0.4 is 0 Å². The molecule has 148 valence electrons. The van der Waals surface area contributed by atoms with E-state index in [2.05, 4.69) is 10.1 Å². The van der Waals surface area contributed by atoms with Gasteiger partial charge >= 0.3 is 5.97 Å². The van der Waals surface area contributed by atoms with Gasteiger partial charge in [0.05, 0.1) is 5.69 Å². The summed E-state index contributed by atoms with van der Waals surface area (Å²) in [6.45, 7) is -0.465. The van der Waals surface area contributed by atoms with Gasteiger partial charge in [0.15, 0.2) is 12.4 Å². The monoisotopic (exact) mass is 401 g/mol. The highest BCUT2D eigenvalue weighted by molar-refractivity contribution is 6.01. The summed E-state index contributed by atoms with van der Waals surface area (Å²) in [6, 6.07) is 17.9. The summed E-state index contributed by atoms with van der Waals surface area (Å²) in [7, 11) is 0. The highest BCUT2D eigenvalue weighted by Gasteiger charge is 2.21. The zero-order valence-electron chi connectivity index (χ0n) is 15.7. The van der Waals surface area contributed by atoms with E-state index in [-0.39, 0.29) is 11.1 Å². The first kappa shape index (κ1) is 19.2. The third-order valence-corrected chi connectivity index (χ3v) is 4.39. The number of para-hydroxylation sites is 1. The maximum Gasteiger partial charge on any atom is 0.342 e. The van der Waals surface area contributed by atoms with E-state index in [0.717, 1.165) is 5.69 Å². The maximum atomic E-state index is 13.0. The van der Waals surface area contributed by atoms with Gasteiger partial charge in [-0.2, -0.15) is 5.10 Å². The summed E-state index contributed by atoms with van der Waals surface area (Å²) in [5.74, 6) is -1.56. The van der Waals surface area contributed by atoms with Gasteiger partial charge < -0.3 is 4.74 Å². The van der Waals surface area contributed by atoms with Gasteiger partial charge in [0.25, 0.3) is 0 Å². The molecular formula is C23H16FN3O3. The van der Waals surface area contributed by atoms with Gasteiger partial charge in [-0.25, -0.2) is 13.9 Å². The molecule has 0 saturated heterocycles. The van der Waals surface area contributed by atoms with E-state index in [4.69, 9.17) is 4.74 Å². The molecule has 0 amide bonds. The van der Waals surface area contributed by atoms with Crippen molar-refractivity contribution in [2.24, 2.45) is 0 Å². The second-order valence-electron chi connectivity index (χ2n) is 6.42. The van der Waals surface area contributed by atoms with E-state index in [0.29, 0.717) is 11.3 Å². The second kappa shape index (κ2) is 8.48. The molecule has 0 saturated carbocycles. The number of esters is 1. The van der Waals surface area contributed by atoms with Crippen LogP contribution in [0.3, 0.4) is 0 Å². The van der Waals surface area contributed by atoms with Crippen LogP contribution in [0.2, 0.25) is 0 Å². The summed E-state index contributed by atoms with van der Waals surface area (Å²) >= 11 is 0.